The Hall–Kier alpha value is -4.13. The normalized spacial score (nSPS) is 15.5. The van der Waals surface area contributed by atoms with Gasteiger partial charge >= 0.3 is 5.69 Å². The minimum absolute atomic E-state index is 0.219. The molecule has 3 aromatic carbocycles. The van der Waals surface area contributed by atoms with E-state index in [4.69, 9.17) is 4.98 Å². The number of hydrogen-bond donors (Lipinski definition) is 0. The predicted octanol–water partition coefficient (Wildman–Crippen LogP) is 3.80. The summed E-state index contributed by atoms with van der Waals surface area (Å²) in [6.45, 7) is 4.79. The quantitative estimate of drug-likeness (QED) is 0.385. The first-order valence-corrected chi connectivity index (χ1v) is 12.5. The third kappa shape index (κ3) is 3.71. The van der Waals surface area contributed by atoms with Gasteiger partial charge in [-0.05, 0) is 34.2 Å². The van der Waals surface area contributed by atoms with Crippen LogP contribution in [0.15, 0.2) is 82.4 Å². The van der Waals surface area contributed by atoms with E-state index in [-0.39, 0.29) is 17.8 Å². The Morgan fingerprint density at radius 3 is 2.50 bits per heavy atom. The van der Waals surface area contributed by atoms with Crippen molar-refractivity contribution in [2.75, 3.05) is 18.0 Å². The molecule has 3 heterocycles. The number of hydrogen-bond acceptors (Lipinski definition) is 4. The Morgan fingerprint density at radius 1 is 0.917 bits per heavy atom. The number of aromatic nitrogens is 4. The Labute approximate surface area is 208 Å². The van der Waals surface area contributed by atoms with Crippen molar-refractivity contribution in [3.63, 3.8) is 0 Å². The van der Waals surface area contributed by atoms with Crippen molar-refractivity contribution in [1.82, 2.24) is 18.7 Å². The van der Waals surface area contributed by atoms with Gasteiger partial charge in [0.2, 0.25) is 5.95 Å². The molecule has 7 nitrogen and oxygen atoms in total. The third-order valence-electron chi connectivity index (χ3n) is 7.24. The van der Waals surface area contributed by atoms with E-state index in [1.807, 2.05) is 53.1 Å². The maximum Gasteiger partial charge on any atom is 0.332 e. The maximum absolute atomic E-state index is 13.8. The highest BCUT2D eigenvalue weighted by Gasteiger charge is 2.29. The second-order valence-electron chi connectivity index (χ2n) is 9.85. The summed E-state index contributed by atoms with van der Waals surface area (Å²) in [6, 6.07) is 24.4. The molecule has 0 radical (unpaired) electrons. The summed E-state index contributed by atoms with van der Waals surface area (Å²) >= 11 is 0. The number of imidazole rings is 1. The van der Waals surface area contributed by atoms with Gasteiger partial charge in [0.05, 0.1) is 6.54 Å². The van der Waals surface area contributed by atoms with Crippen LogP contribution in [-0.2, 0) is 26.6 Å². The van der Waals surface area contributed by atoms with Crippen LogP contribution in [0.4, 0.5) is 5.95 Å². The molecule has 0 spiro atoms. The molecule has 0 bridgehead atoms. The van der Waals surface area contributed by atoms with Gasteiger partial charge in [-0.2, -0.15) is 4.98 Å². The van der Waals surface area contributed by atoms with Crippen LogP contribution in [0.2, 0.25) is 0 Å². The second kappa shape index (κ2) is 8.82. The third-order valence-corrected chi connectivity index (χ3v) is 7.24. The Balaban J connectivity index is 1.45. The Kier molecular flexibility index (Phi) is 5.48. The lowest BCUT2D eigenvalue weighted by atomic mass is 10.0. The van der Waals surface area contributed by atoms with Crippen LogP contribution in [-0.4, -0.2) is 31.8 Å². The first-order chi connectivity index (χ1) is 17.5. The van der Waals surface area contributed by atoms with E-state index in [0.29, 0.717) is 23.6 Å². The highest BCUT2D eigenvalue weighted by atomic mass is 16.2. The van der Waals surface area contributed by atoms with Gasteiger partial charge in [0.1, 0.15) is 0 Å². The van der Waals surface area contributed by atoms with Gasteiger partial charge in [0.25, 0.3) is 5.56 Å². The zero-order valence-electron chi connectivity index (χ0n) is 20.6. The van der Waals surface area contributed by atoms with E-state index in [1.54, 1.807) is 7.05 Å². The molecule has 36 heavy (non-hydrogen) atoms. The van der Waals surface area contributed by atoms with Gasteiger partial charge in [-0.1, -0.05) is 79.7 Å². The summed E-state index contributed by atoms with van der Waals surface area (Å²) in [4.78, 5) is 34.3. The summed E-state index contributed by atoms with van der Waals surface area (Å²) in [7, 11) is 1.71. The number of benzene rings is 3. The topological polar surface area (TPSA) is 65.1 Å². The van der Waals surface area contributed by atoms with Gasteiger partial charge in [-0.15, -0.1) is 0 Å². The zero-order valence-corrected chi connectivity index (χ0v) is 20.6. The lowest BCUT2D eigenvalue weighted by Crippen LogP contribution is -2.41. The average molecular weight is 480 g/mol. The lowest BCUT2D eigenvalue weighted by molar-refractivity contribution is 0.437. The van der Waals surface area contributed by atoms with Gasteiger partial charge in [0, 0.05) is 26.7 Å². The van der Waals surface area contributed by atoms with Gasteiger partial charge in [-0.3, -0.25) is 13.9 Å². The van der Waals surface area contributed by atoms with E-state index in [2.05, 4.69) is 36.1 Å². The maximum atomic E-state index is 13.8. The van der Waals surface area contributed by atoms with E-state index in [0.717, 1.165) is 41.8 Å². The predicted molar refractivity (Wildman–Crippen MR) is 144 cm³/mol. The standard InChI is InChI=1S/C29H29N5O2/c1-20-17-32(16-15-21-9-4-3-5-10-21)28-30-26-25(33(28)18-20)27(35)34(29(36)31(26)2)19-23-13-8-12-22-11-6-7-14-24(22)23/h3-14,20H,15-19H2,1-2H3/t20-/m0/s1. The molecular weight excluding hydrogens is 450 g/mol. The van der Waals surface area contributed by atoms with E-state index in [9.17, 15) is 9.59 Å². The largest absolute Gasteiger partial charge is 0.342 e. The van der Waals surface area contributed by atoms with Crippen molar-refractivity contribution in [1.29, 1.82) is 0 Å². The molecule has 5 aromatic rings. The molecule has 0 amide bonds. The summed E-state index contributed by atoms with van der Waals surface area (Å²) in [6.07, 6.45) is 0.890. The first-order valence-electron chi connectivity index (χ1n) is 12.5. The molecule has 1 atom stereocenters. The molecule has 7 heteroatoms. The Bertz CT molecular complexity index is 1690. The molecule has 6 rings (SSSR count). The second-order valence-corrected chi connectivity index (χ2v) is 9.85. The molecule has 0 saturated heterocycles. The van der Waals surface area contributed by atoms with Crippen LogP contribution in [0.1, 0.15) is 18.1 Å². The van der Waals surface area contributed by atoms with Crippen LogP contribution in [0, 0.1) is 5.92 Å². The SMILES string of the molecule is C[C@H]1CN(CCc2ccccc2)c2nc3c(c(=O)n(Cc4cccc5ccccc45)c(=O)n3C)n2C1. The number of aryl methyl sites for hydroxylation is 1. The highest BCUT2D eigenvalue weighted by Crippen LogP contribution is 2.27. The molecule has 1 aliphatic rings. The molecule has 182 valence electrons. The number of fused-ring (bicyclic) bond motifs is 4. The van der Waals surface area contributed by atoms with Gasteiger partial charge < -0.3 is 9.47 Å². The minimum Gasteiger partial charge on any atom is -0.342 e. The monoisotopic (exact) mass is 479 g/mol. The number of rotatable bonds is 5. The van der Waals surface area contributed by atoms with Crippen molar-refractivity contribution in [3.8, 4) is 0 Å². The fourth-order valence-corrected chi connectivity index (χ4v) is 5.44. The fourth-order valence-electron chi connectivity index (χ4n) is 5.44. The molecule has 0 N–H and O–H groups in total. The first kappa shape index (κ1) is 22.3. The number of anilines is 1. The minimum atomic E-state index is -0.347. The lowest BCUT2D eigenvalue weighted by Gasteiger charge is -2.33. The van der Waals surface area contributed by atoms with Crippen molar-refractivity contribution in [2.45, 2.75) is 26.4 Å². The van der Waals surface area contributed by atoms with Crippen LogP contribution < -0.4 is 16.1 Å². The molecular formula is C29H29N5O2. The summed E-state index contributed by atoms with van der Waals surface area (Å²) in [5.74, 6) is 1.13. The fraction of sp³-hybridized carbons (Fsp3) is 0.276. The molecule has 0 saturated carbocycles. The molecule has 2 aromatic heterocycles. The molecule has 0 unspecified atom stereocenters. The van der Waals surface area contributed by atoms with E-state index >= 15 is 0 Å². The van der Waals surface area contributed by atoms with E-state index < -0.39 is 0 Å². The molecule has 0 fully saturated rings. The van der Waals surface area contributed by atoms with Crippen molar-refractivity contribution in [2.24, 2.45) is 13.0 Å². The smallest absolute Gasteiger partial charge is 0.332 e. The molecule has 0 aliphatic carbocycles. The highest BCUT2D eigenvalue weighted by molar-refractivity contribution is 5.85. The molecule has 1 aliphatic heterocycles. The van der Waals surface area contributed by atoms with Crippen molar-refractivity contribution in [3.05, 3.63) is 105 Å². The van der Waals surface area contributed by atoms with Gasteiger partial charge in [0.15, 0.2) is 11.2 Å². The Morgan fingerprint density at radius 2 is 1.67 bits per heavy atom. The van der Waals surface area contributed by atoms with Gasteiger partial charge in [-0.25, -0.2) is 4.79 Å². The van der Waals surface area contributed by atoms with Crippen LogP contribution >= 0.6 is 0 Å². The zero-order chi connectivity index (χ0) is 24.8. The van der Waals surface area contributed by atoms with Crippen LogP contribution in [0.3, 0.4) is 0 Å². The van der Waals surface area contributed by atoms with Crippen LogP contribution in [0.5, 0.6) is 0 Å². The van der Waals surface area contributed by atoms with E-state index in [1.165, 1.54) is 14.7 Å². The summed E-state index contributed by atoms with van der Waals surface area (Å²) in [5, 5.41) is 2.13. The van der Waals surface area contributed by atoms with Crippen molar-refractivity contribution < 1.29 is 0 Å². The summed E-state index contributed by atoms with van der Waals surface area (Å²) in [5.41, 5.74) is 2.54. The van der Waals surface area contributed by atoms with Crippen LogP contribution in [0.25, 0.3) is 21.9 Å². The number of nitrogens with zero attached hydrogens (tertiary/aromatic N) is 5. The average Bonchev–Trinajstić information content (AvgIpc) is 3.29. The van der Waals surface area contributed by atoms with Crippen molar-refractivity contribution >= 4 is 27.9 Å². The summed E-state index contributed by atoms with van der Waals surface area (Å²) < 4.78 is 4.90.